The number of aliphatic hydroxyl groups excluding tert-OH is 1. The summed E-state index contributed by atoms with van der Waals surface area (Å²) in [7, 11) is 0. The third kappa shape index (κ3) is 3.93. The van der Waals surface area contributed by atoms with Crippen LogP contribution in [0.15, 0.2) is 0 Å². The van der Waals surface area contributed by atoms with E-state index >= 15 is 0 Å². The normalized spacial score (nSPS) is 14.9. The zero-order valence-corrected chi connectivity index (χ0v) is 5.87. The largest absolute Gasteiger partial charge is 0.393 e. The van der Waals surface area contributed by atoms with Gasteiger partial charge < -0.3 is 10.4 Å². The van der Waals surface area contributed by atoms with Crippen molar-refractivity contribution in [3.05, 3.63) is 0 Å². The van der Waals surface area contributed by atoms with Crippen molar-refractivity contribution >= 4 is 6.41 Å². The van der Waals surface area contributed by atoms with Crippen LogP contribution in [0.25, 0.3) is 0 Å². The van der Waals surface area contributed by atoms with Crippen LogP contribution in [0.4, 0.5) is 0 Å². The lowest BCUT2D eigenvalue weighted by Crippen LogP contribution is -2.29. The van der Waals surface area contributed by atoms with E-state index in [1.807, 2.05) is 0 Å². The van der Waals surface area contributed by atoms with Gasteiger partial charge in [-0.15, -0.1) is 6.42 Å². The summed E-state index contributed by atoms with van der Waals surface area (Å²) in [5.41, 5.74) is 0. The van der Waals surface area contributed by atoms with E-state index in [9.17, 15) is 4.79 Å². The molecule has 0 aliphatic carbocycles. The second-order valence-electron chi connectivity index (χ2n) is 2.09. The second kappa shape index (κ2) is 4.83. The molecule has 0 bridgehead atoms. The van der Waals surface area contributed by atoms with Crippen LogP contribution in [0.5, 0.6) is 0 Å². The molecule has 3 heteroatoms. The fraction of sp³-hybridized carbons (Fsp3) is 0.571. The second-order valence-corrected chi connectivity index (χ2v) is 2.09. The smallest absolute Gasteiger partial charge is 0.208 e. The Hall–Kier alpha value is -1.01. The van der Waals surface area contributed by atoms with Crippen molar-refractivity contribution in [3.63, 3.8) is 0 Å². The fourth-order valence-electron chi connectivity index (χ4n) is 0.607. The minimum Gasteiger partial charge on any atom is -0.393 e. The lowest BCUT2D eigenvalue weighted by molar-refractivity contribution is -0.109. The summed E-state index contributed by atoms with van der Waals surface area (Å²) in [4.78, 5) is 9.87. The van der Waals surface area contributed by atoms with Gasteiger partial charge >= 0.3 is 0 Å². The van der Waals surface area contributed by atoms with Gasteiger partial charge in [0.15, 0.2) is 0 Å². The molecule has 10 heavy (non-hydrogen) atoms. The average Bonchev–Trinajstić information content (AvgIpc) is 1.86. The van der Waals surface area contributed by atoms with Crippen molar-refractivity contribution in [1.82, 2.24) is 5.32 Å². The standard InChI is InChI=1S/C7H11NO2/c1-3-7(8-5-9)4-6(2)10/h1,5-7,10H,4H2,2H3,(H,8,9)/t6-,7-/m0/s1. The molecule has 0 aromatic rings. The molecule has 0 aromatic heterocycles. The Balaban J connectivity index is 3.62. The van der Waals surface area contributed by atoms with E-state index in [1.54, 1.807) is 6.92 Å². The first-order chi connectivity index (χ1) is 4.70. The van der Waals surface area contributed by atoms with Crippen LogP contribution in [0.1, 0.15) is 13.3 Å². The highest BCUT2D eigenvalue weighted by Crippen LogP contribution is 1.94. The Morgan fingerprint density at radius 1 is 1.90 bits per heavy atom. The first-order valence-electron chi connectivity index (χ1n) is 3.04. The minimum atomic E-state index is -0.478. The first kappa shape index (κ1) is 8.99. The summed E-state index contributed by atoms with van der Waals surface area (Å²) in [6.45, 7) is 1.62. The Labute approximate surface area is 60.4 Å². The number of aliphatic hydroxyl groups is 1. The first-order valence-corrected chi connectivity index (χ1v) is 3.04. The predicted molar refractivity (Wildman–Crippen MR) is 38.1 cm³/mol. The molecule has 0 aliphatic heterocycles. The van der Waals surface area contributed by atoms with Crippen molar-refractivity contribution < 1.29 is 9.90 Å². The Morgan fingerprint density at radius 2 is 2.50 bits per heavy atom. The van der Waals surface area contributed by atoms with Crippen molar-refractivity contribution in [2.75, 3.05) is 0 Å². The molecule has 56 valence electrons. The van der Waals surface area contributed by atoms with Crippen LogP contribution < -0.4 is 5.32 Å². The number of terminal acetylenes is 1. The van der Waals surface area contributed by atoms with Gasteiger partial charge in [-0.05, 0) is 6.92 Å². The van der Waals surface area contributed by atoms with Gasteiger partial charge in [-0.1, -0.05) is 5.92 Å². The van der Waals surface area contributed by atoms with E-state index in [0.29, 0.717) is 12.8 Å². The van der Waals surface area contributed by atoms with Crippen LogP contribution in [0.2, 0.25) is 0 Å². The van der Waals surface area contributed by atoms with Crippen LogP contribution in [0, 0.1) is 12.3 Å². The number of rotatable bonds is 4. The number of amides is 1. The topological polar surface area (TPSA) is 49.3 Å². The molecular formula is C7H11NO2. The number of nitrogens with one attached hydrogen (secondary N) is 1. The molecule has 0 heterocycles. The highest BCUT2D eigenvalue weighted by atomic mass is 16.3. The summed E-state index contributed by atoms with van der Waals surface area (Å²) < 4.78 is 0. The van der Waals surface area contributed by atoms with Crippen molar-refractivity contribution in [2.45, 2.75) is 25.5 Å². The molecule has 2 N–H and O–H groups in total. The van der Waals surface area contributed by atoms with Gasteiger partial charge in [0.1, 0.15) is 0 Å². The summed E-state index contributed by atoms with van der Waals surface area (Å²) in [5.74, 6) is 2.33. The van der Waals surface area contributed by atoms with E-state index < -0.39 is 6.10 Å². The maximum Gasteiger partial charge on any atom is 0.208 e. The van der Waals surface area contributed by atoms with Gasteiger partial charge in [0, 0.05) is 6.42 Å². The molecule has 0 aliphatic rings. The molecule has 0 aromatic carbocycles. The van der Waals surface area contributed by atoms with Gasteiger partial charge in [0.05, 0.1) is 12.1 Å². The number of carbonyl (C=O) groups is 1. The average molecular weight is 141 g/mol. The van der Waals surface area contributed by atoms with Gasteiger partial charge in [0.25, 0.3) is 0 Å². The molecule has 0 unspecified atom stereocenters. The molecule has 3 nitrogen and oxygen atoms in total. The molecule has 1 amide bonds. The maximum absolute atomic E-state index is 9.87. The van der Waals surface area contributed by atoms with Crippen molar-refractivity contribution in [2.24, 2.45) is 0 Å². The summed E-state index contributed by atoms with van der Waals surface area (Å²) in [6, 6.07) is -0.350. The number of hydrogen-bond acceptors (Lipinski definition) is 2. The maximum atomic E-state index is 9.87. The van der Waals surface area contributed by atoms with Crippen LogP contribution in [-0.2, 0) is 4.79 Å². The molecule has 0 radical (unpaired) electrons. The zero-order chi connectivity index (χ0) is 7.98. The molecule has 2 atom stereocenters. The Kier molecular flexibility index (Phi) is 4.34. The van der Waals surface area contributed by atoms with Gasteiger partial charge in [-0.3, -0.25) is 4.79 Å². The molecule has 0 saturated carbocycles. The summed E-state index contributed by atoms with van der Waals surface area (Å²) >= 11 is 0. The van der Waals surface area contributed by atoms with Gasteiger partial charge in [-0.2, -0.15) is 0 Å². The van der Waals surface area contributed by atoms with E-state index in [1.165, 1.54) is 0 Å². The quantitative estimate of drug-likeness (QED) is 0.410. The lowest BCUT2D eigenvalue weighted by Gasteiger charge is -2.10. The fourth-order valence-corrected chi connectivity index (χ4v) is 0.607. The lowest BCUT2D eigenvalue weighted by atomic mass is 10.1. The molecule has 0 saturated heterocycles. The van der Waals surface area contributed by atoms with Crippen LogP contribution >= 0.6 is 0 Å². The van der Waals surface area contributed by atoms with Crippen molar-refractivity contribution in [3.8, 4) is 12.3 Å². The third-order valence-corrected chi connectivity index (χ3v) is 1.05. The minimum absolute atomic E-state index is 0.350. The Morgan fingerprint density at radius 3 is 2.80 bits per heavy atom. The molecule has 0 rings (SSSR count). The zero-order valence-electron chi connectivity index (χ0n) is 5.87. The molecule has 0 spiro atoms. The highest BCUT2D eigenvalue weighted by Gasteiger charge is 2.05. The predicted octanol–water partition coefficient (Wildman–Crippen LogP) is -0.495. The van der Waals surface area contributed by atoms with Crippen LogP contribution in [-0.4, -0.2) is 23.7 Å². The van der Waals surface area contributed by atoms with E-state index in [-0.39, 0.29) is 6.04 Å². The number of hydrogen-bond donors (Lipinski definition) is 2. The molecular weight excluding hydrogens is 130 g/mol. The summed E-state index contributed by atoms with van der Waals surface area (Å²) in [6.07, 6.45) is 5.48. The van der Waals surface area contributed by atoms with E-state index in [4.69, 9.17) is 11.5 Å². The Bertz CT molecular complexity index is 137. The van der Waals surface area contributed by atoms with Gasteiger partial charge in [0.2, 0.25) is 6.41 Å². The number of carbonyl (C=O) groups excluding carboxylic acids is 1. The third-order valence-electron chi connectivity index (χ3n) is 1.05. The highest BCUT2D eigenvalue weighted by molar-refractivity contribution is 5.47. The van der Waals surface area contributed by atoms with Gasteiger partial charge in [-0.25, -0.2) is 0 Å². The SMILES string of the molecule is C#C[C@@H](C[C@H](C)O)NC=O. The monoisotopic (exact) mass is 141 g/mol. The summed E-state index contributed by atoms with van der Waals surface area (Å²) in [5, 5.41) is 11.2. The molecule has 0 fully saturated rings. The van der Waals surface area contributed by atoms with Crippen molar-refractivity contribution in [1.29, 1.82) is 0 Å². The van der Waals surface area contributed by atoms with E-state index in [2.05, 4.69) is 11.2 Å². The van der Waals surface area contributed by atoms with E-state index in [0.717, 1.165) is 0 Å². The van der Waals surface area contributed by atoms with Crippen LogP contribution in [0.3, 0.4) is 0 Å².